The zero-order valence-corrected chi connectivity index (χ0v) is 14.2. The molecule has 1 aromatic heterocycles. The van der Waals surface area contributed by atoms with Gasteiger partial charge in [-0.2, -0.15) is 0 Å². The standard InChI is InChI=1S/C19H23FN4O/c20-16-5-4-15-11-23(8-6-14(15)9-16)18-10-19(22-13-21-18)24-7-2-1-3-17(24)12-25/h4-5,9-10,13,17,25H,1-3,6-8,11-12H2. The molecule has 25 heavy (non-hydrogen) atoms. The minimum absolute atomic E-state index is 0.140. The molecule has 132 valence electrons. The third kappa shape index (κ3) is 3.31. The highest BCUT2D eigenvalue weighted by atomic mass is 19.1. The van der Waals surface area contributed by atoms with Crippen molar-refractivity contribution in [3.8, 4) is 0 Å². The number of piperidine rings is 1. The molecule has 0 aliphatic carbocycles. The van der Waals surface area contributed by atoms with Gasteiger partial charge in [0, 0.05) is 25.7 Å². The normalized spacial score (nSPS) is 20.5. The Balaban J connectivity index is 1.56. The lowest BCUT2D eigenvalue weighted by Gasteiger charge is -2.36. The van der Waals surface area contributed by atoms with Crippen LogP contribution in [0.5, 0.6) is 0 Å². The van der Waals surface area contributed by atoms with Crippen LogP contribution in [0.4, 0.5) is 16.0 Å². The summed E-state index contributed by atoms with van der Waals surface area (Å²) >= 11 is 0. The smallest absolute Gasteiger partial charge is 0.134 e. The maximum absolute atomic E-state index is 13.4. The lowest BCUT2D eigenvalue weighted by Crippen LogP contribution is -2.42. The van der Waals surface area contributed by atoms with E-state index in [2.05, 4.69) is 19.8 Å². The van der Waals surface area contributed by atoms with Crippen LogP contribution in [-0.4, -0.2) is 40.8 Å². The molecular weight excluding hydrogens is 319 g/mol. The molecule has 0 amide bonds. The Kier molecular flexibility index (Phi) is 4.53. The van der Waals surface area contributed by atoms with Gasteiger partial charge in [0.2, 0.25) is 0 Å². The summed E-state index contributed by atoms with van der Waals surface area (Å²) in [4.78, 5) is 13.3. The third-order valence-corrected chi connectivity index (χ3v) is 5.27. The van der Waals surface area contributed by atoms with E-state index in [1.54, 1.807) is 12.4 Å². The first-order valence-corrected chi connectivity index (χ1v) is 8.96. The van der Waals surface area contributed by atoms with Crippen LogP contribution >= 0.6 is 0 Å². The van der Waals surface area contributed by atoms with Crippen molar-refractivity contribution in [1.82, 2.24) is 9.97 Å². The van der Waals surface area contributed by atoms with Gasteiger partial charge in [0.25, 0.3) is 0 Å². The zero-order chi connectivity index (χ0) is 17.2. The van der Waals surface area contributed by atoms with E-state index >= 15 is 0 Å². The predicted octanol–water partition coefficient (Wildman–Crippen LogP) is 2.53. The van der Waals surface area contributed by atoms with Crippen molar-refractivity contribution < 1.29 is 9.50 Å². The highest BCUT2D eigenvalue weighted by Gasteiger charge is 2.24. The molecule has 1 saturated heterocycles. The lowest BCUT2D eigenvalue weighted by atomic mass is 9.99. The highest BCUT2D eigenvalue weighted by molar-refractivity contribution is 5.52. The zero-order valence-electron chi connectivity index (χ0n) is 14.2. The van der Waals surface area contributed by atoms with Gasteiger partial charge in [-0.15, -0.1) is 0 Å². The maximum atomic E-state index is 13.4. The van der Waals surface area contributed by atoms with E-state index in [0.29, 0.717) is 0 Å². The Labute approximate surface area is 147 Å². The first-order valence-electron chi connectivity index (χ1n) is 8.96. The lowest BCUT2D eigenvalue weighted by molar-refractivity contribution is 0.239. The fraction of sp³-hybridized carbons (Fsp3) is 0.474. The van der Waals surface area contributed by atoms with E-state index in [1.807, 2.05) is 12.1 Å². The van der Waals surface area contributed by atoms with Crippen LogP contribution < -0.4 is 9.80 Å². The largest absolute Gasteiger partial charge is 0.394 e. The average Bonchev–Trinajstić information content (AvgIpc) is 2.67. The van der Waals surface area contributed by atoms with Gasteiger partial charge in [0.15, 0.2) is 0 Å². The molecule has 1 N–H and O–H groups in total. The van der Waals surface area contributed by atoms with Gasteiger partial charge in [0.1, 0.15) is 23.8 Å². The first kappa shape index (κ1) is 16.3. The molecule has 0 radical (unpaired) electrons. The van der Waals surface area contributed by atoms with Gasteiger partial charge >= 0.3 is 0 Å². The number of fused-ring (bicyclic) bond motifs is 1. The fourth-order valence-electron chi connectivity index (χ4n) is 3.88. The monoisotopic (exact) mass is 342 g/mol. The second-order valence-corrected chi connectivity index (χ2v) is 6.84. The molecule has 1 aromatic carbocycles. The van der Waals surface area contributed by atoms with Crippen LogP contribution in [-0.2, 0) is 13.0 Å². The van der Waals surface area contributed by atoms with Gasteiger partial charge in [0.05, 0.1) is 12.6 Å². The average molecular weight is 342 g/mol. The SMILES string of the molecule is OCC1CCCCN1c1cc(N2CCc3cc(F)ccc3C2)ncn1. The van der Waals surface area contributed by atoms with E-state index in [-0.39, 0.29) is 18.5 Å². The van der Waals surface area contributed by atoms with E-state index in [4.69, 9.17) is 0 Å². The van der Waals surface area contributed by atoms with Crippen LogP contribution in [0.15, 0.2) is 30.6 Å². The number of benzene rings is 1. The van der Waals surface area contributed by atoms with Crippen molar-refractivity contribution in [2.45, 2.75) is 38.3 Å². The van der Waals surface area contributed by atoms with Crippen LogP contribution in [0.3, 0.4) is 0 Å². The summed E-state index contributed by atoms with van der Waals surface area (Å²) in [6.45, 7) is 2.62. The van der Waals surface area contributed by atoms with Gasteiger partial charge < -0.3 is 14.9 Å². The fourth-order valence-corrected chi connectivity index (χ4v) is 3.88. The number of anilines is 2. The Hall–Kier alpha value is -2.21. The van der Waals surface area contributed by atoms with E-state index in [0.717, 1.165) is 68.1 Å². The van der Waals surface area contributed by atoms with E-state index in [1.165, 1.54) is 6.07 Å². The van der Waals surface area contributed by atoms with Crippen LogP contribution in [0.1, 0.15) is 30.4 Å². The van der Waals surface area contributed by atoms with Gasteiger partial charge in [-0.3, -0.25) is 0 Å². The van der Waals surface area contributed by atoms with Gasteiger partial charge in [-0.1, -0.05) is 6.07 Å². The summed E-state index contributed by atoms with van der Waals surface area (Å²) in [5, 5.41) is 9.65. The number of nitrogens with zero attached hydrogens (tertiary/aromatic N) is 4. The quantitative estimate of drug-likeness (QED) is 0.929. The molecule has 0 bridgehead atoms. The summed E-state index contributed by atoms with van der Waals surface area (Å²) in [6.07, 6.45) is 5.69. The molecular formula is C19H23FN4O. The summed E-state index contributed by atoms with van der Waals surface area (Å²) < 4.78 is 13.4. The summed E-state index contributed by atoms with van der Waals surface area (Å²) in [7, 11) is 0. The number of aliphatic hydroxyl groups is 1. The van der Waals surface area contributed by atoms with E-state index < -0.39 is 0 Å². The number of rotatable bonds is 3. The maximum Gasteiger partial charge on any atom is 0.134 e. The van der Waals surface area contributed by atoms with Crippen molar-refractivity contribution in [2.24, 2.45) is 0 Å². The molecule has 2 aliphatic heterocycles. The second kappa shape index (κ2) is 6.96. The predicted molar refractivity (Wildman–Crippen MR) is 95.3 cm³/mol. The van der Waals surface area contributed by atoms with Crippen molar-refractivity contribution in [2.75, 3.05) is 29.5 Å². The van der Waals surface area contributed by atoms with Crippen molar-refractivity contribution in [3.05, 3.63) is 47.5 Å². The summed E-state index contributed by atoms with van der Waals surface area (Å²) in [6, 6.07) is 7.18. The summed E-state index contributed by atoms with van der Waals surface area (Å²) in [5.41, 5.74) is 2.24. The molecule has 1 atom stereocenters. The minimum atomic E-state index is -0.170. The molecule has 2 aliphatic rings. The van der Waals surface area contributed by atoms with Crippen molar-refractivity contribution >= 4 is 11.6 Å². The molecule has 2 aromatic rings. The number of halogens is 1. The molecule has 5 nitrogen and oxygen atoms in total. The van der Waals surface area contributed by atoms with Gasteiger partial charge in [-0.05, 0) is 48.9 Å². The Morgan fingerprint density at radius 3 is 2.84 bits per heavy atom. The van der Waals surface area contributed by atoms with Crippen LogP contribution in [0.25, 0.3) is 0 Å². The third-order valence-electron chi connectivity index (χ3n) is 5.27. The van der Waals surface area contributed by atoms with Crippen LogP contribution in [0, 0.1) is 5.82 Å². The first-order chi connectivity index (χ1) is 12.2. The number of hydrogen-bond donors (Lipinski definition) is 1. The minimum Gasteiger partial charge on any atom is -0.394 e. The molecule has 6 heteroatoms. The topological polar surface area (TPSA) is 52.5 Å². The number of aliphatic hydroxyl groups excluding tert-OH is 1. The van der Waals surface area contributed by atoms with Crippen molar-refractivity contribution in [3.63, 3.8) is 0 Å². The number of hydrogen-bond acceptors (Lipinski definition) is 5. The molecule has 1 unspecified atom stereocenters. The van der Waals surface area contributed by atoms with Crippen molar-refractivity contribution in [1.29, 1.82) is 0 Å². The Bertz CT molecular complexity index is 754. The number of aromatic nitrogens is 2. The highest BCUT2D eigenvalue weighted by Crippen LogP contribution is 2.28. The van der Waals surface area contributed by atoms with E-state index in [9.17, 15) is 9.50 Å². The molecule has 4 rings (SSSR count). The molecule has 0 saturated carbocycles. The van der Waals surface area contributed by atoms with Crippen LogP contribution in [0.2, 0.25) is 0 Å². The summed E-state index contributed by atoms with van der Waals surface area (Å²) in [5.74, 6) is 1.60. The molecule has 3 heterocycles. The molecule has 0 spiro atoms. The Morgan fingerprint density at radius 1 is 1.08 bits per heavy atom. The molecule has 1 fully saturated rings. The second-order valence-electron chi connectivity index (χ2n) is 6.84. The Morgan fingerprint density at radius 2 is 1.96 bits per heavy atom. The van der Waals surface area contributed by atoms with Gasteiger partial charge in [-0.25, -0.2) is 14.4 Å².